The van der Waals surface area contributed by atoms with Gasteiger partial charge in [0.15, 0.2) is 0 Å². The summed E-state index contributed by atoms with van der Waals surface area (Å²) >= 11 is 0. The van der Waals surface area contributed by atoms with E-state index < -0.39 is 0 Å². The number of hydrogen-bond donors (Lipinski definition) is 2. The summed E-state index contributed by atoms with van der Waals surface area (Å²) in [5.41, 5.74) is 7.08. The van der Waals surface area contributed by atoms with Crippen molar-refractivity contribution in [3.05, 3.63) is 35.1 Å². The van der Waals surface area contributed by atoms with Crippen LogP contribution >= 0.6 is 0 Å². The van der Waals surface area contributed by atoms with Crippen molar-refractivity contribution in [2.24, 2.45) is 11.7 Å². The molecule has 1 aliphatic rings. The summed E-state index contributed by atoms with van der Waals surface area (Å²) in [6, 6.07) is 5.42. The van der Waals surface area contributed by atoms with Crippen LogP contribution in [0, 0.1) is 18.7 Å². The molecule has 0 aromatic heterocycles. The molecule has 2 atom stereocenters. The number of nitrogens with one attached hydrogen (secondary N) is 1. The van der Waals surface area contributed by atoms with Gasteiger partial charge in [0.05, 0.1) is 6.54 Å². The predicted octanol–water partition coefficient (Wildman–Crippen LogP) is 1.42. The first-order valence-electron chi connectivity index (χ1n) is 7.45. The fourth-order valence-electron chi connectivity index (χ4n) is 2.80. The second-order valence-corrected chi connectivity index (χ2v) is 5.98. The van der Waals surface area contributed by atoms with Gasteiger partial charge in [-0.3, -0.25) is 9.69 Å². The van der Waals surface area contributed by atoms with Crippen LogP contribution in [0.3, 0.4) is 0 Å². The van der Waals surface area contributed by atoms with Crippen molar-refractivity contribution >= 4 is 5.91 Å². The molecule has 1 amide bonds. The van der Waals surface area contributed by atoms with E-state index in [0.717, 1.165) is 18.5 Å². The Hall–Kier alpha value is -1.46. The third-order valence-electron chi connectivity index (χ3n) is 4.20. The first-order chi connectivity index (χ1) is 9.99. The highest BCUT2D eigenvalue weighted by Crippen LogP contribution is 2.21. The van der Waals surface area contributed by atoms with Crippen LogP contribution in [0.25, 0.3) is 0 Å². The van der Waals surface area contributed by atoms with Crippen molar-refractivity contribution in [2.75, 3.05) is 19.6 Å². The third-order valence-corrected chi connectivity index (χ3v) is 4.20. The van der Waals surface area contributed by atoms with Crippen LogP contribution in [0.1, 0.15) is 24.5 Å². The molecule has 0 bridgehead atoms. The van der Waals surface area contributed by atoms with Gasteiger partial charge in [-0.05, 0) is 49.9 Å². The Morgan fingerprint density at radius 2 is 2.29 bits per heavy atom. The van der Waals surface area contributed by atoms with Crippen LogP contribution < -0.4 is 11.1 Å². The molecule has 2 rings (SSSR count). The molecule has 0 spiro atoms. The van der Waals surface area contributed by atoms with E-state index in [1.165, 1.54) is 6.07 Å². The lowest BCUT2D eigenvalue weighted by atomic mass is 10.1. The Morgan fingerprint density at radius 3 is 2.90 bits per heavy atom. The summed E-state index contributed by atoms with van der Waals surface area (Å²) in [7, 11) is 0. The molecule has 21 heavy (non-hydrogen) atoms. The summed E-state index contributed by atoms with van der Waals surface area (Å²) in [5.74, 6) is 0.222. The van der Waals surface area contributed by atoms with Gasteiger partial charge in [-0.1, -0.05) is 12.1 Å². The Labute approximate surface area is 125 Å². The third kappa shape index (κ3) is 4.25. The van der Waals surface area contributed by atoms with Crippen LogP contribution in [0.15, 0.2) is 18.2 Å². The highest BCUT2D eigenvalue weighted by molar-refractivity contribution is 5.78. The van der Waals surface area contributed by atoms with E-state index in [2.05, 4.69) is 17.1 Å². The average molecular weight is 293 g/mol. The quantitative estimate of drug-likeness (QED) is 0.863. The zero-order valence-corrected chi connectivity index (χ0v) is 12.7. The highest BCUT2D eigenvalue weighted by atomic mass is 19.1. The molecule has 1 aliphatic heterocycles. The van der Waals surface area contributed by atoms with Crippen molar-refractivity contribution in [1.29, 1.82) is 0 Å². The molecule has 1 fully saturated rings. The summed E-state index contributed by atoms with van der Waals surface area (Å²) in [6.45, 7) is 6.14. The summed E-state index contributed by atoms with van der Waals surface area (Å²) in [5, 5.41) is 2.85. The number of amides is 1. The van der Waals surface area contributed by atoms with E-state index in [4.69, 9.17) is 5.73 Å². The van der Waals surface area contributed by atoms with Crippen LogP contribution in [-0.2, 0) is 11.3 Å². The van der Waals surface area contributed by atoms with Gasteiger partial charge in [0.25, 0.3) is 0 Å². The van der Waals surface area contributed by atoms with Crippen LogP contribution in [0.5, 0.6) is 0 Å². The lowest BCUT2D eigenvalue weighted by Crippen LogP contribution is -2.39. The van der Waals surface area contributed by atoms with E-state index in [1.54, 1.807) is 13.0 Å². The van der Waals surface area contributed by atoms with E-state index in [1.807, 2.05) is 6.07 Å². The van der Waals surface area contributed by atoms with Crippen molar-refractivity contribution in [3.8, 4) is 0 Å². The second-order valence-electron chi connectivity index (χ2n) is 5.98. The molecular formula is C16H24FN3O. The van der Waals surface area contributed by atoms with Crippen molar-refractivity contribution in [2.45, 2.75) is 32.9 Å². The monoisotopic (exact) mass is 293 g/mol. The maximum atomic E-state index is 13.4. The zero-order valence-electron chi connectivity index (χ0n) is 12.7. The molecule has 116 valence electrons. The maximum Gasteiger partial charge on any atom is 0.234 e. The smallest absolute Gasteiger partial charge is 0.234 e. The van der Waals surface area contributed by atoms with E-state index in [9.17, 15) is 9.18 Å². The summed E-state index contributed by atoms with van der Waals surface area (Å²) < 4.78 is 13.4. The largest absolute Gasteiger partial charge is 0.351 e. The Morgan fingerprint density at radius 1 is 1.52 bits per heavy atom. The SMILES string of the molecule is Cc1ccc(CNC(=O)CN2CC(CN)CC2C)cc1F. The molecule has 4 nitrogen and oxygen atoms in total. The Kier molecular flexibility index (Phi) is 5.31. The fraction of sp³-hybridized carbons (Fsp3) is 0.562. The van der Waals surface area contributed by atoms with E-state index >= 15 is 0 Å². The van der Waals surface area contributed by atoms with Crippen molar-refractivity contribution in [3.63, 3.8) is 0 Å². The summed E-state index contributed by atoms with van der Waals surface area (Å²) in [4.78, 5) is 14.1. The zero-order chi connectivity index (χ0) is 15.4. The average Bonchev–Trinajstić information content (AvgIpc) is 2.81. The first-order valence-corrected chi connectivity index (χ1v) is 7.45. The lowest BCUT2D eigenvalue weighted by molar-refractivity contribution is -0.122. The first kappa shape index (κ1) is 15.9. The molecule has 2 unspecified atom stereocenters. The van der Waals surface area contributed by atoms with Gasteiger partial charge in [0.1, 0.15) is 5.82 Å². The van der Waals surface area contributed by atoms with E-state index in [0.29, 0.717) is 37.2 Å². The van der Waals surface area contributed by atoms with Crippen molar-refractivity contribution in [1.82, 2.24) is 10.2 Å². The predicted molar refractivity (Wildman–Crippen MR) is 81.2 cm³/mol. The molecule has 5 heteroatoms. The fourth-order valence-corrected chi connectivity index (χ4v) is 2.80. The molecule has 0 aliphatic carbocycles. The minimum absolute atomic E-state index is 0.0273. The van der Waals surface area contributed by atoms with Gasteiger partial charge in [0.2, 0.25) is 5.91 Å². The van der Waals surface area contributed by atoms with Crippen LogP contribution in [0.4, 0.5) is 4.39 Å². The molecule has 1 aromatic rings. The van der Waals surface area contributed by atoms with Gasteiger partial charge in [0, 0.05) is 19.1 Å². The number of aryl methyl sites for hydroxylation is 1. The number of carbonyl (C=O) groups is 1. The number of benzene rings is 1. The number of nitrogens with zero attached hydrogens (tertiary/aromatic N) is 1. The minimum Gasteiger partial charge on any atom is -0.351 e. The number of likely N-dealkylation sites (tertiary alicyclic amines) is 1. The van der Waals surface area contributed by atoms with Gasteiger partial charge in [-0.25, -0.2) is 4.39 Å². The van der Waals surface area contributed by atoms with Gasteiger partial charge >= 0.3 is 0 Å². The molecule has 1 heterocycles. The minimum atomic E-state index is -0.235. The number of hydrogen-bond acceptors (Lipinski definition) is 3. The molecule has 0 saturated carbocycles. The molecular weight excluding hydrogens is 269 g/mol. The van der Waals surface area contributed by atoms with Gasteiger partial charge < -0.3 is 11.1 Å². The number of nitrogens with two attached hydrogens (primary N) is 1. The summed E-state index contributed by atoms with van der Waals surface area (Å²) in [6.07, 6.45) is 1.05. The molecule has 1 saturated heterocycles. The van der Waals surface area contributed by atoms with Gasteiger partial charge in [-0.2, -0.15) is 0 Å². The maximum absolute atomic E-state index is 13.4. The van der Waals surface area contributed by atoms with Crippen molar-refractivity contribution < 1.29 is 9.18 Å². The number of rotatable bonds is 5. The van der Waals surface area contributed by atoms with E-state index in [-0.39, 0.29) is 11.7 Å². The Balaban J connectivity index is 1.81. The number of carbonyl (C=O) groups excluding carboxylic acids is 1. The Bertz CT molecular complexity index is 506. The molecule has 0 radical (unpaired) electrons. The molecule has 3 N–H and O–H groups in total. The highest BCUT2D eigenvalue weighted by Gasteiger charge is 2.29. The second kappa shape index (κ2) is 7.00. The normalized spacial score (nSPS) is 22.5. The lowest BCUT2D eigenvalue weighted by Gasteiger charge is -2.20. The standard InChI is InChI=1S/C16H24FN3O/c1-11-3-4-13(6-15(11)17)8-19-16(21)10-20-9-14(7-18)5-12(20)2/h3-4,6,12,14H,5,7-10,18H2,1-2H3,(H,19,21). The van der Waals surface area contributed by atoms with Crippen LogP contribution in [0.2, 0.25) is 0 Å². The topological polar surface area (TPSA) is 58.4 Å². The number of halogens is 1. The molecule has 1 aromatic carbocycles. The van der Waals surface area contributed by atoms with Gasteiger partial charge in [-0.15, -0.1) is 0 Å². The van der Waals surface area contributed by atoms with Crippen LogP contribution in [-0.4, -0.2) is 36.5 Å².